The van der Waals surface area contributed by atoms with Gasteiger partial charge in [0.05, 0.1) is 6.54 Å². The quantitative estimate of drug-likeness (QED) is 0.861. The molecule has 8 nitrogen and oxygen atoms in total. The van der Waals surface area contributed by atoms with Gasteiger partial charge < -0.3 is 10.3 Å². The normalized spacial score (nSPS) is 19.3. The van der Waals surface area contributed by atoms with Gasteiger partial charge in [0.15, 0.2) is 5.82 Å². The Kier molecular flexibility index (Phi) is 4.42. The summed E-state index contributed by atoms with van der Waals surface area (Å²) in [7, 11) is 0. The molecule has 3 heterocycles. The van der Waals surface area contributed by atoms with Crippen molar-refractivity contribution in [2.24, 2.45) is 5.73 Å². The molecule has 0 spiro atoms. The number of carbonyl (C=O) groups excluding carboxylic acids is 1. The minimum Gasteiger partial charge on any atom is -0.364 e. The summed E-state index contributed by atoms with van der Waals surface area (Å²) in [6.45, 7) is 6.58. The predicted octanol–water partition coefficient (Wildman–Crippen LogP) is 1.39. The fourth-order valence-corrected chi connectivity index (χ4v) is 2.88. The Morgan fingerprint density at radius 2 is 2.39 bits per heavy atom. The van der Waals surface area contributed by atoms with E-state index in [4.69, 9.17) is 10.3 Å². The van der Waals surface area contributed by atoms with Crippen LogP contribution in [0.2, 0.25) is 0 Å². The summed E-state index contributed by atoms with van der Waals surface area (Å²) in [5, 5.41) is 10.9. The van der Waals surface area contributed by atoms with Crippen LogP contribution in [0.1, 0.15) is 66.4 Å². The molecule has 8 heteroatoms. The summed E-state index contributed by atoms with van der Waals surface area (Å²) in [5.41, 5.74) is 6.50. The van der Waals surface area contributed by atoms with E-state index in [1.54, 1.807) is 6.07 Å². The third-order valence-corrected chi connectivity index (χ3v) is 4.15. The van der Waals surface area contributed by atoms with Crippen LogP contribution >= 0.6 is 0 Å². The van der Waals surface area contributed by atoms with Crippen LogP contribution in [0.25, 0.3) is 0 Å². The Morgan fingerprint density at radius 1 is 1.57 bits per heavy atom. The van der Waals surface area contributed by atoms with Gasteiger partial charge in [0.2, 0.25) is 5.89 Å². The van der Waals surface area contributed by atoms with Gasteiger partial charge in [-0.25, -0.2) is 0 Å². The number of hydrogen-bond acceptors (Lipinski definition) is 6. The van der Waals surface area contributed by atoms with Gasteiger partial charge in [-0.3, -0.25) is 14.8 Å². The highest BCUT2D eigenvalue weighted by Crippen LogP contribution is 2.26. The first-order valence-electron chi connectivity index (χ1n) is 7.93. The summed E-state index contributed by atoms with van der Waals surface area (Å²) in [5.74, 6) is 1.45. The first kappa shape index (κ1) is 15.7. The van der Waals surface area contributed by atoms with E-state index < -0.39 is 5.91 Å². The molecule has 1 saturated heterocycles. The van der Waals surface area contributed by atoms with E-state index >= 15 is 0 Å². The van der Waals surface area contributed by atoms with Crippen molar-refractivity contribution in [2.45, 2.75) is 45.1 Å². The lowest BCUT2D eigenvalue weighted by Gasteiger charge is -2.30. The molecule has 1 amide bonds. The molecule has 0 aromatic carbocycles. The van der Waals surface area contributed by atoms with Gasteiger partial charge in [-0.2, -0.15) is 10.1 Å². The molecular formula is C15H22N6O2. The van der Waals surface area contributed by atoms with E-state index in [1.165, 1.54) is 0 Å². The maximum atomic E-state index is 11.2. The Bertz CT molecular complexity index is 677. The van der Waals surface area contributed by atoms with Crippen molar-refractivity contribution in [2.75, 3.05) is 13.1 Å². The number of nitrogens with one attached hydrogen (secondary N) is 1. The number of aromatic nitrogens is 4. The summed E-state index contributed by atoms with van der Waals surface area (Å²) in [6.07, 6.45) is 2.12. The van der Waals surface area contributed by atoms with Crippen LogP contribution in [-0.4, -0.2) is 44.2 Å². The number of hydrogen-bond donors (Lipinski definition) is 2. The molecule has 1 aliphatic heterocycles. The molecule has 124 valence electrons. The fraction of sp³-hybridized carbons (Fsp3) is 0.600. The molecule has 0 saturated carbocycles. The van der Waals surface area contributed by atoms with Gasteiger partial charge in [0, 0.05) is 24.1 Å². The zero-order valence-corrected chi connectivity index (χ0v) is 13.5. The molecule has 2 aromatic rings. The van der Waals surface area contributed by atoms with Gasteiger partial charge in [0.25, 0.3) is 5.91 Å². The van der Waals surface area contributed by atoms with E-state index in [9.17, 15) is 4.79 Å². The topological polar surface area (TPSA) is 114 Å². The summed E-state index contributed by atoms with van der Waals surface area (Å²) >= 11 is 0. The zero-order chi connectivity index (χ0) is 16.4. The van der Waals surface area contributed by atoms with Crippen molar-refractivity contribution in [3.8, 4) is 0 Å². The van der Waals surface area contributed by atoms with E-state index in [2.05, 4.69) is 25.2 Å². The average Bonchev–Trinajstić information content (AvgIpc) is 3.16. The number of nitrogens with zero attached hydrogens (tertiary/aromatic N) is 4. The van der Waals surface area contributed by atoms with Gasteiger partial charge in [-0.15, -0.1) is 0 Å². The molecule has 1 fully saturated rings. The standard InChI is InChI=1S/C15H22N6O2/c1-9(2)15-17-13(23-20-15)8-21-5-3-4-10(7-21)11-6-12(14(16)22)19-18-11/h6,9-10H,3-5,7-8H2,1-2H3,(H2,16,22)(H,18,19). The van der Waals surface area contributed by atoms with Crippen LogP contribution in [0.3, 0.4) is 0 Å². The lowest BCUT2D eigenvalue weighted by molar-refractivity contribution is 0.0995. The Hall–Kier alpha value is -2.22. The third-order valence-electron chi connectivity index (χ3n) is 4.15. The van der Waals surface area contributed by atoms with Crippen LogP contribution in [0.4, 0.5) is 0 Å². The number of likely N-dealkylation sites (tertiary alicyclic amines) is 1. The third kappa shape index (κ3) is 3.58. The highest BCUT2D eigenvalue weighted by atomic mass is 16.5. The number of H-pyrrole nitrogens is 1. The van der Waals surface area contributed by atoms with Gasteiger partial charge in [0.1, 0.15) is 5.69 Å². The number of piperidine rings is 1. The lowest BCUT2D eigenvalue weighted by Crippen LogP contribution is -2.34. The Balaban J connectivity index is 1.64. The van der Waals surface area contributed by atoms with E-state index in [1.807, 2.05) is 13.8 Å². The van der Waals surface area contributed by atoms with Crippen molar-refractivity contribution >= 4 is 5.91 Å². The first-order valence-corrected chi connectivity index (χ1v) is 7.93. The first-order chi connectivity index (χ1) is 11.0. The number of rotatable bonds is 5. The number of aromatic amines is 1. The van der Waals surface area contributed by atoms with Crippen molar-refractivity contribution in [1.82, 2.24) is 25.2 Å². The molecule has 1 aliphatic rings. The highest BCUT2D eigenvalue weighted by molar-refractivity contribution is 5.90. The molecule has 1 unspecified atom stereocenters. The van der Waals surface area contributed by atoms with Crippen LogP contribution < -0.4 is 5.73 Å². The second-order valence-corrected chi connectivity index (χ2v) is 6.35. The van der Waals surface area contributed by atoms with Gasteiger partial charge in [-0.05, 0) is 25.5 Å². The van der Waals surface area contributed by atoms with Gasteiger partial charge >= 0.3 is 0 Å². The highest BCUT2D eigenvalue weighted by Gasteiger charge is 2.25. The maximum absolute atomic E-state index is 11.2. The van der Waals surface area contributed by atoms with Crippen LogP contribution in [0, 0.1) is 0 Å². The van der Waals surface area contributed by atoms with Crippen molar-refractivity contribution in [3.05, 3.63) is 29.2 Å². The molecular weight excluding hydrogens is 296 g/mol. The van der Waals surface area contributed by atoms with Gasteiger partial charge in [-0.1, -0.05) is 19.0 Å². The Labute approximate surface area is 134 Å². The maximum Gasteiger partial charge on any atom is 0.269 e. The molecule has 2 aromatic heterocycles. The molecule has 1 atom stereocenters. The number of primary amides is 1. The molecule has 0 radical (unpaired) electrons. The van der Waals surface area contributed by atoms with E-state index in [0.717, 1.165) is 37.4 Å². The monoisotopic (exact) mass is 318 g/mol. The fourth-order valence-electron chi connectivity index (χ4n) is 2.88. The minimum absolute atomic E-state index is 0.263. The van der Waals surface area contributed by atoms with E-state index in [-0.39, 0.29) is 11.6 Å². The predicted molar refractivity (Wildman–Crippen MR) is 82.7 cm³/mol. The number of nitrogens with two attached hydrogens (primary N) is 1. The summed E-state index contributed by atoms with van der Waals surface area (Å²) < 4.78 is 5.32. The van der Waals surface area contributed by atoms with Crippen LogP contribution in [0.5, 0.6) is 0 Å². The SMILES string of the molecule is CC(C)c1noc(CN2CCCC(c3cc(C(N)=O)n[nH]3)C2)n1. The summed E-state index contributed by atoms with van der Waals surface area (Å²) in [6, 6.07) is 1.75. The van der Waals surface area contributed by atoms with E-state index in [0.29, 0.717) is 18.4 Å². The zero-order valence-electron chi connectivity index (χ0n) is 13.5. The number of amides is 1. The molecule has 23 heavy (non-hydrogen) atoms. The second-order valence-electron chi connectivity index (χ2n) is 6.35. The molecule has 0 bridgehead atoms. The second kappa shape index (κ2) is 6.49. The smallest absolute Gasteiger partial charge is 0.269 e. The van der Waals surface area contributed by atoms with Crippen LogP contribution in [-0.2, 0) is 6.54 Å². The van der Waals surface area contributed by atoms with Crippen molar-refractivity contribution in [3.63, 3.8) is 0 Å². The lowest BCUT2D eigenvalue weighted by atomic mass is 9.94. The molecule has 0 aliphatic carbocycles. The molecule has 3 rings (SSSR count). The molecule has 3 N–H and O–H groups in total. The van der Waals surface area contributed by atoms with Crippen molar-refractivity contribution < 1.29 is 9.32 Å². The summed E-state index contributed by atoms with van der Waals surface area (Å²) in [4.78, 5) is 17.9. The van der Waals surface area contributed by atoms with Crippen LogP contribution in [0.15, 0.2) is 10.6 Å². The minimum atomic E-state index is -0.507. The number of carbonyl (C=O) groups is 1. The largest absolute Gasteiger partial charge is 0.364 e. The van der Waals surface area contributed by atoms with Crippen molar-refractivity contribution in [1.29, 1.82) is 0 Å². The average molecular weight is 318 g/mol. The Morgan fingerprint density at radius 3 is 3.04 bits per heavy atom.